The average molecular weight is 248 g/mol. The van der Waals surface area contributed by atoms with Crippen molar-refractivity contribution in [2.24, 2.45) is 11.7 Å². The van der Waals surface area contributed by atoms with Gasteiger partial charge in [0, 0.05) is 18.8 Å². The second-order valence-electron chi connectivity index (χ2n) is 5.33. The van der Waals surface area contributed by atoms with E-state index in [1.165, 1.54) is 32.1 Å². The van der Waals surface area contributed by atoms with Gasteiger partial charge in [-0.3, -0.25) is 4.98 Å². The SMILES string of the molecule is Cc1cnc(C)c(NC(CN)C2CCCCC2)n1. The molecule has 1 saturated carbocycles. The van der Waals surface area contributed by atoms with E-state index in [1.54, 1.807) is 6.20 Å². The molecular weight excluding hydrogens is 224 g/mol. The van der Waals surface area contributed by atoms with Crippen LogP contribution in [0.3, 0.4) is 0 Å². The van der Waals surface area contributed by atoms with E-state index in [-0.39, 0.29) is 0 Å². The zero-order valence-electron chi connectivity index (χ0n) is 11.4. The van der Waals surface area contributed by atoms with Gasteiger partial charge < -0.3 is 11.1 Å². The predicted molar refractivity (Wildman–Crippen MR) is 74.5 cm³/mol. The molecule has 2 rings (SSSR count). The summed E-state index contributed by atoms with van der Waals surface area (Å²) in [5, 5.41) is 3.51. The molecule has 1 aliphatic rings. The summed E-state index contributed by atoms with van der Waals surface area (Å²) in [6, 6.07) is 0.333. The molecular formula is C14H24N4. The topological polar surface area (TPSA) is 63.8 Å². The van der Waals surface area contributed by atoms with Crippen molar-refractivity contribution in [1.82, 2.24) is 9.97 Å². The maximum Gasteiger partial charge on any atom is 0.148 e. The molecule has 0 spiro atoms. The highest BCUT2D eigenvalue weighted by Gasteiger charge is 2.23. The Morgan fingerprint density at radius 1 is 1.33 bits per heavy atom. The third-order valence-corrected chi connectivity index (χ3v) is 3.87. The van der Waals surface area contributed by atoms with E-state index in [1.807, 2.05) is 13.8 Å². The summed E-state index contributed by atoms with van der Waals surface area (Å²) in [6.45, 7) is 4.62. The zero-order chi connectivity index (χ0) is 13.0. The van der Waals surface area contributed by atoms with E-state index >= 15 is 0 Å². The zero-order valence-corrected chi connectivity index (χ0v) is 11.4. The Bertz CT molecular complexity index is 385. The van der Waals surface area contributed by atoms with Gasteiger partial charge in [-0.2, -0.15) is 0 Å². The van der Waals surface area contributed by atoms with Gasteiger partial charge in [-0.15, -0.1) is 0 Å². The molecule has 0 radical (unpaired) electrons. The van der Waals surface area contributed by atoms with Crippen LogP contribution in [-0.4, -0.2) is 22.6 Å². The lowest BCUT2D eigenvalue weighted by molar-refractivity contribution is 0.320. The van der Waals surface area contributed by atoms with Crippen molar-refractivity contribution in [2.75, 3.05) is 11.9 Å². The standard InChI is InChI=1S/C14H24N4/c1-10-9-16-11(2)14(17-10)18-13(8-15)12-6-4-3-5-7-12/h9,12-13H,3-8,15H2,1-2H3,(H,17,18). The average Bonchev–Trinajstić information content (AvgIpc) is 2.41. The Kier molecular flexibility index (Phi) is 4.53. The molecule has 1 heterocycles. The minimum atomic E-state index is 0.333. The number of nitrogens with one attached hydrogen (secondary N) is 1. The van der Waals surface area contributed by atoms with E-state index in [0.717, 1.165) is 17.2 Å². The van der Waals surface area contributed by atoms with E-state index in [2.05, 4.69) is 15.3 Å². The third kappa shape index (κ3) is 3.19. The predicted octanol–water partition coefficient (Wildman–Crippen LogP) is 2.41. The van der Waals surface area contributed by atoms with Gasteiger partial charge >= 0.3 is 0 Å². The minimum absolute atomic E-state index is 0.333. The first-order chi connectivity index (χ1) is 8.70. The monoisotopic (exact) mass is 248 g/mol. The number of hydrogen-bond acceptors (Lipinski definition) is 4. The van der Waals surface area contributed by atoms with Gasteiger partial charge in [-0.1, -0.05) is 19.3 Å². The fourth-order valence-corrected chi connectivity index (χ4v) is 2.76. The molecule has 1 fully saturated rings. The number of aromatic nitrogens is 2. The molecule has 1 aliphatic carbocycles. The van der Waals surface area contributed by atoms with Crippen molar-refractivity contribution in [1.29, 1.82) is 0 Å². The fraction of sp³-hybridized carbons (Fsp3) is 0.714. The van der Waals surface area contributed by atoms with Crippen molar-refractivity contribution < 1.29 is 0 Å². The first kappa shape index (κ1) is 13.3. The minimum Gasteiger partial charge on any atom is -0.364 e. The van der Waals surface area contributed by atoms with E-state index in [9.17, 15) is 0 Å². The first-order valence-corrected chi connectivity index (χ1v) is 6.97. The molecule has 0 amide bonds. The maximum atomic E-state index is 5.93. The molecule has 1 unspecified atom stereocenters. The van der Waals surface area contributed by atoms with Crippen LogP contribution in [0.25, 0.3) is 0 Å². The summed E-state index contributed by atoms with van der Waals surface area (Å²) in [5.41, 5.74) is 7.83. The van der Waals surface area contributed by atoms with Crippen LogP contribution in [-0.2, 0) is 0 Å². The summed E-state index contributed by atoms with van der Waals surface area (Å²) in [4.78, 5) is 8.87. The number of anilines is 1. The highest BCUT2D eigenvalue weighted by atomic mass is 15.1. The molecule has 1 atom stereocenters. The van der Waals surface area contributed by atoms with Crippen LogP contribution in [0.15, 0.2) is 6.20 Å². The molecule has 0 saturated heterocycles. The number of hydrogen-bond donors (Lipinski definition) is 2. The van der Waals surface area contributed by atoms with Gasteiger partial charge in [-0.25, -0.2) is 4.98 Å². The fourth-order valence-electron chi connectivity index (χ4n) is 2.76. The van der Waals surface area contributed by atoms with Crippen molar-refractivity contribution in [2.45, 2.75) is 52.0 Å². The Balaban J connectivity index is 2.06. The van der Waals surface area contributed by atoms with Crippen LogP contribution >= 0.6 is 0 Å². The van der Waals surface area contributed by atoms with Crippen LogP contribution in [0.4, 0.5) is 5.82 Å². The molecule has 0 aliphatic heterocycles. The Labute approximate surface area is 109 Å². The number of nitrogens with two attached hydrogens (primary N) is 1. The summed E-state index contributed by atoms with van der Waals surface area (Å²) < 4.78 is 0. The molecule has 100 valence electrons. The summed E-state index contributed by atoms with van der Waals surface area (Å²) in [5.74, 6) is 1.58. The van der Waals surface area contributed by atoms with Gasteiger partial charge in [0.25, 0.3) is 0 Å². The normalized spacial score (nSPS) is 18.6. The third-order valence-electron chi connectivity index (χ3n) is 3.87. The van der Waals surface area contributed by atoms with E-state index in [0.29, 0.717) is 18.5 Å². The quantitative estimate of drug-likeness (QED) is 0.859. The van der Waals surface area contributed by atoms with Crippen molar-refractivity contribution in [3.63, 3.8) is 0 Å². The number of rotatable bonds is 4. The molecule has 1 aromatic rings. The molecule has 4 heteroatoms. The maximum absolute atomic E-state index is 5.93. The smallest absolute Gasteiger partial charge is 0.148 e. The second-order valence-corrected chi connectivity index (χ2v) is 5.33. The van der Waals surface area contributed by atoms with Crippen molar-refractivity contribution >= 4 is 5.82 Å². The van der Waals surface area contributed by atoms with E-state index < -0.39 is 0 Å². The molecule has 4 nitrogen and oxygen atoms in total. The lowest BCUT2D eigenvalue weighted by atomic mass is 9.84. The lowest BCUT2D eigenvalue weighted by Crippen LogP contribution is -2.38. The lowest BCUT2D eigenvalue weighted by Gasteiger charge is -2.30. The van der Waals surface area contributed by atoms with Crippen LogP contribution in [0.5, 0.6) is 0 Å². The summed E-state index contributed by atoms with van der Waals surface area (Å²) in [7, 11) is 0. The molecule has 1 aromatic heterocycles. The first-order valence-electron chi connectivity index (χ1n) is 6.97. The van der Waals surface area contributed by atoms with E-state index in [4.69, 9.17) is 5.73 Å². The highest BCUT2D eigenvalue weighted by molar-refractivity contribution is 5.40. The largest absolute Gasteiger partial charge is 0.364 e. The number of nitrogens with zero attached hydrogens (tertiary/aromatic N) is 2. The van der Waals surface area contributed by atoms with Crippen molar-refractivity contribution in [3.8, 4) is 0 Å². The van der Waals surface area contributed by atoms with Crippen LogP contribution < -0.4 is 11.1 Å². The second kappa shape index (κ2) is 6.14. The Morgan fingerprint density at radius 3 is 2.72 bits per heavy atom. The Hall–Kier alpha value is -1.16. The molecule has 0 aromatic carbocycles. The molecule has 18 heavy (non-hydrogen) atoms. The van der Waals surface area contributed by atoms with Gasteiger partial charge in [-0.05, 0) is 32.6 Å². The van der Waals surface area contributed by atoms with Gasteiger partial charge in [0.1, 0.15) is 5.82 Å². The van der Waals surface area contributed by atoms with Gasteiger partial charge in [0.2, 0.25) is 0 Å². The molecule has 3 N–H and O–H groups in total. The molecule has 0 bridgehead atoms. The van der Waals surface area contributed by atoms with Gasteiger partial charge in [0.05, 0.1) is 11.4 Å². The highest BCUT2D eigenvalue weighted by Crippen LogP contribution is 2.27. The van der Waals surface area contributed by atoms with Gasteiger partial charge in [0.15, 0.2) is 0 Å². The Morgan fingerprint density at radius 2 is 2.06 bits per heavy atom. The summed E-state index contributed by atoms with van der Waals surface area (Å²) in [6.07, 6.45) is 8.42. The summed E-state index contributed by atoms with van der Waals surface area (Å²) >= 11 is 0. The van der Waals surface area contributed by atoms with Crippen LogP contribution in [0, 0.1) is 19.8 Å². The van der Waals surface area contributed by atoms with Crippen LogP contribution in [0.1, 0.15) is 43.5 Å². The van der Waals surface area contributed by atoms with Crippen LogP contribution in [0.2, 0.25) is 0 Å². The number of aryl methyl sites for hydroxylation is 2. The van der Waals surface area contributed by atoms with Crippen molar-refractivity contribution in [3.05, 3.63) is 17.6 Å².